The summed E-state index contributed by atoms with van der Waals surface area (Å²) in [5.41, 5.74) is 3.67. The van der Waals surface area contributed by atoms with Gasteiger partial charge in [0.1, 0.15) is 6.61 Å². The minimum atomic E-state index is -0.956. The normalized spacial score (nSPS) is 12.8. The van der Waals surface area contributed by atoms with Crippen molar-refractivity contribution in [1.82, 2.24) is 10.2 Å². The van der Waals surface area contributed by atoms with Gasteiger partial charge >= 0.3 is 12.1 Å². The minimum absolute atomic E-state index is 0.0368. The number of nitrogens with one attached hydrogen (secondary N) is 1. The first-order chi connectivity index (χ1) is 15.6. The number of carboxylic acid groups (broad SMARTS) is 1. The molecule has 0 unspecified atom stereocenters. The monoisotopic (exact) mass is 452 g/mol. The van der Waals surface area contributed by atoms with E-state index in [4.69, 9.17) is 9.84 Å². The van der Waals surface area contributed by atoms with Gasteiger partial charge < -0.3 is 20.1 Å². The molecule has 2 amide bonds. The molecule has 176 valence electrons. The lowest BCUT2D eigenvalue weighted by Crippen LogP contribution is -2.50. The molecular weight excluding hydrogens is 420 g/mol. The number of rotatable bonds is 9. The topological polar surface area (TPSA) is 95.9 Å². The number of hydrogen-bond acceptors (Lipinski definition) is 4. The summed E-state index contributed by atoms with van der Waals surface area (Å²) in [5, 5.41) is 11.7. The summed E-state index contributed by atoms with van der Waals surface area (Å²) in [6.07, 6.45) is -0.709. The van der Waals surface area contributed by atoms with Gasteiger partial charge in [-0.05, 0) is 49.9 Å². The molecule has 2 aromatic rings. The lowest BCUT2D eigenvalue weighted by Gasteiger charge is -2.34. The summed E-state index contributed by atoms with van der Waals surface area (Å²) in [7, 11) is 0. The van der Waals surface area contributed by atoms with Crippen LogP contribution in [0.15, 0.2) is 48.5 Å². The number of carbonyl (C=O) groups excluding carboxylic acids is 2. The van der Waals surface area contributed by atoms with Crippen molar-refractivity contribution in [1.29, 1.82) is 0 Å². The number of fused-ring (bicyclic) bond motifs is 3. The van der Waals surface area contributed by atoms with Gasteiger partial charge in [-0.25, -0.2) is 4.79 Å². The predicted molar refractivity (Wildman–Crippen MR) is 126 cm³/mol. The zero-order chi connectivity index (χ0) is 24.2. The van der Waals surface area contributed by atoms with Gasteiger partial charge in [-0.2, -0.15) is 0 Å². The first kappa shape index (κ1) is 24.3. The molecule has 7 heteroatoms. The van der Waals surface area contributed by atoms with E-state index in [9.17, 15) is 14.4 Å². The molecule has 33 heavy (non-hydrogen) atoms. The van der Waals surface area contributed by atoms with Crippen LogP contribution in [0, 0.1) is 5.41 Å². The van der Waals surface area contributed by atoms with Gasteiger partial charge in [0.25, 0.3) is 0 Å². The molecule has 0 aliphatic heterocycles. The second kappa shape index (κ2) is 10.1. The molecule has 0 aromatic heterocycles. The average molecular weight is 453 g/mol. The highest BCUT2D eigenvalue weighted by Gasteiger charge is 2.34. The summed E-state index contributed by atoms with van der Waals surface area (Å²) in [4.78, 5) is 38.0. The van der Waals surface area contributed by atoms with Crippen molar-refractivity contribution < 1.29 is 24.2 Å². The van der Waals surface area contributed by atoms with Crippen LogP contribution in [0.5, 0.6) is 0 Å². The van der Waals surface area contributed by atoms with Crippen LogP contribution in [-0.2, 0) is 14.3 Å². The highest BCUT2D eigenvalue weighted by molar-refractivity contribution is 5.84. The Labute approximate surface area is 194 Å². The maximum atomic E-state index is 13.0. The number of alkyl carbamates (subject to hydrolysis) is 1. The second-order valence-corrected chi connectivity index (χ2v) is 9.30. The minimum Gasteiger partial charge on any atom is -0.481 e. The van der Waals surface area contributed by atoms with Crippen LogP contribution in [0.4, 0.5) is 4.79 Å². The molecule has 0 saturated carbocycles. The third-order valence-corrected chi connectivity index (χ3v) is 6.05. The summed E-state index contributed by atoms with van der Waals surface area (Å²) in [5.74, 6) is -1.20. The van der Waals surface area contributed by atoms with E-state index in [1.54, 1.807) is 13.8 Å². The number of amides is 2. The fourth-order valence-electron chi connectivity index (χ4n) is 4.22. The number of benzene rings is 2. The Bertz CT molecular complexity index is 985. The van der Waals surface area contributed by atoms with Gasteiger partial charge in [0, 0.05) is 25.0 Å². The first-order valence-corrected chi connectivity index (χ1v) is 11.2. The van der Waals surface area contributed by atoms with E-state index in [2.05, 4.69) is 29.6 Å². The quantitative estimate of drug-likeness (QED) is 0.593. The molecular formula is C26H32N2O5. The summed E-state index contributed by atoms with van der Waals surface area (Å²) in [6, 6.07) is 16.1. The second-order valence-electron chi connectivity index (χ2n) is 9.30. The Morgan fingerprint density at radius 2 is 1.58 bits per heavy atom. The molecule has 0 fully saturated rings. The highest BCUT2D eigenvalue weighted by Crippen LogP contribution is 2.44. The average Bonchev–Trinajstić information content (AvgIpc) is 3.09. The Morgan fingerprint density at radius 3 is 2.09 bits per heavy atom. The maximum Gasteiger partial charge on any atom is 0.407 e. The molecule has 0 spiro atoms. The molecule has 0 atom stereocenters. The highest BCUT2D eigenvalue weighted by atomic mass is 16.5. The third kappa shape index (κ3) is 5.53. The number of carboxylic acids is 1. The van der Waals surface area contributed by atoms with Crippen LogP contribution in [0.2, 0.25) is 0 Å². The van der Waals surface area contributed by atoms with Crippen LogP contribution in [-0.4, -0.2) is 53.7 Å². The first-order valence-electron chi connectivity index (χ1n) is 11.2. The third-order valence-electron chi connectivity index (χ3n) is 6.05. The van der Waals surface area contributed by atoms with E-state index in [1.165, 1.54) is 4.90 Å². The van der Waals surface area contributed by atoms with Gasteiger partial charge in [-0.1, -0.05) is 48.5 Å². The Hall–Kier alpha value is -3.35. The van der Waals surface area contributed by atoms with Gasteiger partial charge in [0.15, 0.2) is 0 Å². The van der Waals surface area contributed by atoms with Crippen molar-refractivity contribution in [3.63, 3.8) is 0 Å². The zero-order valence-electron chi connectivity index (χ0n) is 19.6. The van der Waals surface area contributed by atoms with Gasteiger partial charge in [0.05, 0.1) is 11.8 Å². The van der Waals surface area contributed by atoms with Crippen molar-refractivity contribution in [3.05, 3.63) is 59.7 Å². The lowest BCUT2D eigenvalue weighted by atomic mass is 9.90. The fraction of sp³-hybridized carbons (Fsp3) is 0.423. The molecule has 7 nitrogen and oxygen atoms in total. The van der Waals surface area contributed by atoms with Crippen LogP contribution < -0.4 is 5.32 Å². The molecule has 2 aromatic carbocycles. The van der Waals surface area contributed by atoms with Crippen molar-refractivity contribution in [2.75, 3.05) is 19.7 Å². The Kier molecular flexibility index (Phi) is 7.41. The molecule has 1 aliphatic carbocycles. The van der Waals surface area contributed by atoms with Crippen molar-refractivity contribution in [3.8, 4) is 11.1 Å². The maximum absolute atomic E-state index is 13.0. The van der Waals surface area contributed by atoms with Crippen molar-refractivity contribution in [2.45, 2.75) is 46.1 Å². The van der Waals surface area contributed by atoms with Crippen LogP contribution in [0.3, 0.4) is 0 Å². The van der Waals surface area contributed by atoms with Gasteiger partial charge in [-0.15, -0.1) is 0 Å². The van der Waals surface area contributed by atoms with Crippen molar-refractivity contribution in [2.24, 2.45) is 5.41 Å². The largest absolute Gasteiger partial charge is 0.481 e. The molecule has 1 aliphatic rings. The number of aliphatic carboxylic acids is 1. The van der Waals surface area contributed by atoms with Gasteiger partial charge in [0.2, 0.25) is 5.91 Å². The van der Waals surface area contributed by atoms with Crippen LogP contribution >= 0.6 is 0 Å². The molecule has 2 N–H and O–H groups in total. The molecule has 0 radical (unpaired) electrons. The summed E-state index contributed by atoms with van der Waals surface area (Å²) >= 11 is 0. The smallest absolute Gasteiger partial charge is 0.407 e. The molecule has 0 bridgehead atoms. The lowest BCUT2D eigenvalue weighted by molar-refractivity contribution is -0.143. The number of ether oxygens (including phenoxy) is 1. The van der Waals surface area contributed by atoms with E-state index in [0.717, 1.165) is 22.3 Å². The molecule has 0 saturated heterocycles. The summed E-state index contributed by atoms with van der Waals surface area (Å²) < 4.78 is 5.55. The number of hydrogen-bond donors (Lipinski definition) is 2. The zero-order valence-corrected chi connectivity index (χ0v) is 19.6. The molecule has 3 rings (SSSR count). The van der Waals surface area contributed by atoms with Crippen LogP contribution in [0.25, 0.3) is 11.1 Å². The van der Waals surface area contributed by atoms with E-state index < -0.39 is 17.5 Å². The van der Waals surface area contributed by atoms with E-state index >= 15 is 0 Å². The van der Waals surface area contributed by atoms with Crippen molar-refractivity contribution >= 4 is 18.0 Å². The Morgan fingerprint density at radius 1 is 1.03 bits per heavy atom. The number of nitrogens with zero attached hydrogens (tertiary/aromatic N) is 1. The fourth-order valence-corrected chi connectivity index (χ4v) is 4.22. The van der Waals surface area contributed by atoms with E-state index in [1.807, 2.05) is 38.1 Å². The molecule has 0 heterocycles. The summed E-state index contributed by atoms with van der Waals surface area (Å²) in [6.45, 7) is 7.55. The number of carbonyl (C=O) groups is 3. The standard InChI is InChI=1S/C26H32N2O5/c1-17(2)28(14-13-23(29)30)24(31)26(3,4)16-27-25(32)33-15-22-20-11-7-5-9-18(20)19-10-6-8-12-21(19)22/h5-12,17,22H,13-16H2,1-4H3,(H,27,32)(H,29,30). The van der Waals surface area contributed by atoms with E-state index in [-0.39, 0.29) is 44.0 Å². The van der Waals surface area contributed by atoms with E-state index in [0.29, 0.717) is 0 Å². The van der Waals surface area contributed by atoms with Crippen LogP contribution in [0.1, 0.15) is 51.2 Å². The Balaban J connectivity index is 1.59. The predicted octanol–water partition coefficient (Wildman–Crippen LogP) is 4.26. The van der Waals surface area contributed by atoms with Gasteiger partial charge in [-0.3, -0.25) is 9.59 Å². The SMILES string of the molecule is CC(C)N(CCC(=O)O)C(=O)C(C)(C)CNC(=O)OCC1c2ccccc2-c2ccccc21.